The summed E-state index contributed by atoms with van der Waals surface area (Å²) in [5.41, 5.74) is 2.85. The Balaban J connectivity index is 1.75. The van der Waals surface area contributed by atoms with Crippen molar-refractivity contribution in [3.8, 4) is 0 Å². The molecule has 0 radical (unpaired) electrons. The number of benzene rings is 2. The van der Waals surface area contributed by atoms with Gasteiger partial charge in [-0.05, 0) is 35.9 Å². The van der Waals surface area contributed by atoms with Crippen LogP contribution in [0.25, 0.3) is 11.0 Å². The lowest BCUT2D eigenvalue weighted by Crippen LogP contribution is -2.29. The third kappa shape index (κ3) is 5.19. The van der Waals surface area contributed by atoms with Crippen LogP contribution in [0.1, 0.15) is 51.5 Å². The largest absolute Gasteiger partial charge is 0.349 e. The summed E-state index contributed by atoms with van der Waals surface area (Å²) >= 11 is 0. The quantitative estimate of drug-likeness (QED) is 0.604. The number of anilines is 1. The van der Waals surface area contributed by atoms with Gasteiger partial charge in [0.25, 0.3) is 0 Å². The molecule has 7 heteroatoms. The molecule has 0 aliphatic heterocycles. The molecule has 0 aliphatic carbocycles. The Kier molecular flexibility index (Phi) is 5.68. The topological polar surface area (TPSA) is 86.9 Å². The number of halogens is 1. The summed E-state index contributed by atoms with van der Waals surface area (Å²) in [7, 11) is 0. The van der Waals surface area contributed by atoms with Crippen LogP contribution in [0, 0.1) is 5.82 Å². The Labute approximate surface area is 168 Å². The number of hydrogen-bond acceptors (Lipinski definition) is 3. The Bertz CT molecular complexity index is 1040. The first-order chi connectivity index (χ1) is 13.6. The van der Waals surface area contributed by atoms with Crippen molar-refractivity contribution in [3.05, 3.63) is 59.7 Å². The molecule has 0 fully saturated rings. The maximum Gasteiger partial charge on any atom is 0.226 e. The molecule has 1 atom stereocenters. The first-order valence-corrected chi connectivity index (χ1v) is 9.44. The van der Waals surface area contributed by atoms with Crippen molar-refractivity contribution in [2.24, 2.45) is 0 Å². The van der Waals surface area contributed by atoms with E-state index in [1.807, 2.05) is 12.1 Å². The number of nitrogens with one attached hydrogen (secondary N) is 3. The summed E-state index contributed by atoms with van der Waals surface area (Å²) in [5, 5.41) is 5.60. The minimum Gasteiger partial charge on any atom is -0.349 e. The van der Waals surface area contributed by atoms with Gasteiger partial charge in [-0.2, -0.15) is 0 Å². The maximum absolute atomic E-state index is 13.2. The number of carbonyl (C=O) groups excluding carboxylic acids is 2. The molecular formula is C22H25FN4O2. The molecule has 152 valence electrons. The zero-order valence-electron chi connectivity index (χ0n) is 17.0. The second-order valence-electron chi connectivity index (χ2n) is 8.12. The predicted molar refractivity (Wildman–Crippen MR) is 111 cm³/mol. The van der Waals surface area contributed by atoms with Gasteiger partial charge >= 0.3 is 0 Å². The van der Waals surface area contributed by atoms with E-state index in [0.29, 0.717) is 11.3 Å². The van der Waals surface area contributed by atoms with Gasteiger partial charge in [-0.3, -0.25) is 9.59 Å². The van der Waals surface area contributed by atoms with E-state index < -0.39 is 6.04 Å². The molecule has 2 amide bonds. The van der Waals surface area contributed by atoms with E-state index in [0.717, 1.165) is 16.9 Å². The van der Waals surface area contributed by atoms with Gasteiger partial charge in [0, 0.05) is 18.0 Å². The lowest BCUT2D eigenvalue weighted by molar-refractivity contribution is -0.120. The monoisotopic (exact) mass is 396 g/mol. The van der Waals surface area contributed by atoms with Gasteiger partial charge < -0.3 is 15.6 Å². The highest BCUT2D eigenvalue weighted by atomic mass is 19.1. The standard InChI is InChI=1S/C22H25FN4O2/c1-13(28)24-18(14-5-7-15(23)8-6-14)12-20(29)25-16-9-10-17-19(11-16)27-21(26-17)22(2,3)4/h5-11,18H,12H2,1-4H3,(H,24,28)(H,25,29)(H,26,27). The molecule has 0 aliphatic rings. The molecule has 2 aromatic carbocycles. The molecule has 3 rings (SSSR count). The summed E-state index contributed by atoms with van der Waals surface area (Å²) in [6, 6.07) is 10.7. The third-order valence-corrected chi connectivity index (χ3v) is 4.52. The van der Waals surface area contributed by atoms with Crippen molar-refractivity contribution in [2.75, 3.05) is 5.32 Å². The van der Waals surface area contributed by atoms with E-state index in [1.54, 1.807) is 18.2 Å². The predicted octanol–water partition coefficient (Wildman–Crippen LogP) is 4.21. The van der Waals surface area contributed by atoms with Crippen LogP contribution in [0.4, 0.5) is 10.1 Å². The molecule has 6 nitrogen and oxygen atoms in total. The number of fused-ring (bicyclic) bond motifs is 1. The van der Waals surface area contributed by atoms with Crippen molar-refractivity contribution in [1.29, 1.82) is 0 Å². The Morgan fingerprint density at radius 1 is 1.14 bits per heavy atom. The first-order valence-electron chi connectivity index (χ1n) is 9.44. The van der Waals surface area contributed by atoms with Crippen molar-refractivity contribution in [1.82, 2.24) is 15.3 Å². The van der Waals surface area contributed by atoms with E-state index in [9.17, 15) is 14.0 Å². The van der Waals surface area contributed by atoms with Crippen LogP contribution >= 0.6 is 0 Å². The Morgan fingerprint density at radius 2 is 1.83 bits per heavy atom. The summed E-state index contributed by atoms with van der Waals surface area (Å²) in [4.78, 5) is 32.0. The van der Waals surface area contributed by atoms with Crippen LogP contribution in [-0.2, 0) is 15.0 Å². The van der Waals surface area contributed by atoms with Crippen LogP contribution in [0.3, 0.4) is 0 Å². The van der Waals surface area contributed by atoms with Crippen molar-refractivity contribution >= 4 is 28.5 Å². The van der Waals surface area contributed by atoms with Crippen LogP contribution in [0.15, 0.2) is 42.5 Å². The van der Waals surface area contributed by atoms with Gasteiger partial charge in [-0.15, -0.1) is 0 Å². The number of amides is 2. The second kappa shape index (κ2) is 8.03. The fourth-order valence-electron chi connectivity index (χ4n) is 3.03. The van der Waals surface area contributed by atoms with Crippen molar-refractivity contribution < 1.29 is 14.0 Å². The van der Waals surface area contributed by atoms with E-state index in [1.165, 1.54) is 19.1 Å². The Hall–Kier alpha value is -3.22. The number of H-pyrrole nitrogens is 1. The Morgan fingerprint density at radius 3 is 2.45 bits per heavy atom. The fourth-order valence-corrected chi connectivity index (χ4v) is 3.03. The van der Waals surface area contributed by atoms with Gasteiger partial charge in [-0.25, -0.2) is 9.37 Å². The van der Waals surface area contributed by atoms with Gasteiger partial charge in [0.15, 0.2) is 0 Å². The molecule has 3 aromatic rings. The average Bonchev–Trinajstić information content (AvgIpc) is 3.05. The number of rotatable bonds is 5. The highest BCUT2D eigenvalue weighted by Gasteiger charge is 2.20. The number of nitrogens with zero attached hydrogens (tertiary/aromatic N) is 1. The normalized spacial score (nSPS) is 12.6. The molecule has 0 spiro atoms. The van der Waals surface area contributed by atoms with Crippen LogP contribution < -0.4 is 10.6 Å². The van der Waals surface area contributed by atoms with Crippen LogP contribution in [0.2, 0.25) is 0 Å². The minimum atomic E-state index is -0.545. The van der Waals surface area contributed by atoms with Crippen LogP contribution in [0.5, 0.6) is 0 Å². The zero-order chi connectivity index (χ0) is 21.2. The highest BCUT2D eigenvalue weighted by Crippen LogP contribution is 2.25. The van der Waals surface area contributed by atoms with E-state index in [2.05, 4.69) is 41.4 Å². The minimum absolute atomic E-state index is 0.0272. The number of aromatic amines is 1. The van der Waals surface area contributed by atoms with Gasteiger partial charge in [0.1, 0.15) is 11.6 Å². The molecule has 0 bridgehead atoms. The molecule has 1 aromatic heterocycles. The molecule has 29 heavy (non-hydrogen) atoms. The summed E-state index contributed by atoms with van der Waals surface area (Å²) in [6.45, 7) is 7.61. The number of aromatic nitrogens is 2. The summed E-state index contributed by atoms with van der Waals surface area (Å²) in [6.07, 6.45) is 0.0272. The highest BCUT2D eigenvalue weighted by molar-refractivity contribution is 5.93. The van der Waals surface area contributed by atoms with Crippen molar-refractivity contribution in [2.45, 2.75) is 45.6 Å². The second-order valence-corrected chi connectivity index (χ2v) is 8.12. The number of imidazole rings is 1. The fraction of sp³-hybridized carbons (Fsp3) is 0.318. The first kappa shape index (κ1) is 20.5. The third-order valence-electron chi connectivity index (χ3n) is 4.52. The lowest BCUT2D eigenvalue weighted by Gasteiger charge is -2.18. The summed E-state index contributed by atoms with van der Waals surface area (Å²) < 4.78 is 13.2. The van der Waals surface area contributed by atoms with E-state index >= 15 is 0 Å². The van der Waals surface area contributed by atoms with Gasteiger partial charge in [0.2, 0.25) is 11.8 Å². The van der Waals surface area contributed by atoms with E-state index in [4.69, 9.17) is 0 Å². The number of carbonyl (C=O) groups is 2. The zero-order valence-corrected chi connectivity index (χ0v) is 17.0. The molecule has 0 saturated heterocycles. The smallest absolute Gasteiger partial charge is 0.226 e. The molecular weight excluding hydrogens is 371 g/mol. The molecule has 1 heterocycles. The molecule has 1 unspecified atom stereocenters. The SMILES string of the molecule is CC(=O)NC(CC(=O)Nc1ccc2nc(C(C)(C)C)[nH]c2c1)c1ccc(F)cc1. The van der Waals surface area contributed by atoms with E-state index in [-0.39, 0.29) is 29.5 Å². The van der Waals surface area contributed by atoms with Crippen molar-refractivity contribution in [3.63, 3.8) is 0 Å². The molecule has 0 saturated carbocycles. The lowest BCUT2D eigenvalue weighted by atomic mass is 9.96. The van der Waals surface area contributed by atoms with Crippen LogP contribution in [-0.4, -0.2) is 21.8 Å². The van der Waals surface area contributed by atoms with Gasteiger partial charge in [0.05, 0.1) is 23.5 Å². The van der Waals surface area contributed by atoms with Gasteiger partial charge in [-0.1, -0.05) is 32.9 Å². The maximum atomic E-state index is 13.2. The summed E-state index contributed by atoms with van der Waals surface area (Å²) in [5.74, 6) is -0.0241. The average molecular weight is 396 g/mol. The molecule has 3 N–H and O–H groups in total. The number of hydrogen-bond donors (Lipinski definition) is 3.